The molecule has 0 bridgehead atoms. The standard InChI is InChI=1S/C19H32Cl2N4O3S/c1-4-23-19(26)25-16(11-14(2)3)13-22-9-5-6-10-24-29(27,28)18-8-7-15(20)12-17(18)21/h7-8,12,14,16,22,24H,4-6,9-11,13H2,1-3H3,(H2,23,25,26)/t16-/m0/s1. The molecule has 0 radical (unpaired) electrons. The third-order valence-electron chi connectivity index (χ3n) is 4.08. The van der Waals surface area contributed by atoms with E-state index in [2.05, 4.69) is 34.5 Å². The Hall–Kier alpha value is -1.06. The van der Waals surface area contributed by atoms with Crippen LogP contribution in [0.3, 0.4) is 0 Å². The number of amides is 2. The van der Waals surface area contributed by atoms with Gasteiger partial charge in [0.25, 0.3) is 0 Å². The van der Waals surface area contributed by atoms with Crippen LogP contribution in [0.25, 0.3) is 0 Å². The van der Waals surface area contributed by atoms with Crippen LogP contribution in [-0.4, -0.2) is 46.7 Å². The Morgan fingerprint density at radius 3 is 2.45 bits per heavy atom. The second-order valence-electron chi connectivity index (χ2n) is 7.21. The van der Waals surface area contributed by atoms with Crippen LogP contribution in [0.4, 0.5) is 4.79 Å². The van der Waals surface area contributed by atoms with Crippen molar-refractivity contribution in [3.8, 4) is 0 Å². The van der Waals surface area contributed by atoms with Crippen molar-refractivity contribution in [2.24, 2.45) is 5.92 Å². The van der Waals surface area contributed by atoms with Crippen LogP contribution in [0.15, 0.2) is 23.1 Å². The second-order valence-corrected chi connectivity index (χ2v) is 9.79. The number of sulfonamides is 1. The highest BCUT2D eigenvalue weighted by Gasteiger charge is 2.17. The van der Waals surface area contributed by atoms with Gasteiger partial charge in [-0.2, -0.15) is 0 Å². The molecule has 0 aromatic heterocycles. The van der Waals surface area contributed by atoms with Gasteiger partial charge in [-0.15, -0.1) is 0 Å². The van der Waals surface area contributed by atoms with Crippen LogP contribution >= 0.6 is 23.2 Å². The molecule has 0 aliphatic carbocycles. The first-order valence-corrected chi connectivity index (χ1v) is 12.1. The normalized spacial score (nSPS) is 12.8. The molecule has 29 heavy (non-hydrogen) atoms. The zero-order valence-electron chi connectivity index (χ0n) is 17.2. The second kappa shape index (κ2) is 13.3. The molecule has 10 heteroatoms. The predicted octanol–water partition coefficient (Wildman–Crippen LogP) is 3.38. The van der Waals surface area contributed by atoms with E-state index in [1.54, 1.807) is 0 Å². The van der Waals surface area contributed by atoms with Crippen molar-refractivity contribution in [1.82, 2.24) is 20.7 Å². The van der Waals surface area contributed by atoms with E-state index in [1.807, 2.05) is 6.92 Å². The Balaban J connectivity index is 2.32. The van der Waals surface area contributed by atoms with E-state index in [-0.39, 0.29) is 22.0 Å². The number of rotatable bonds is 13. The number of unbranched alkanes of at least 4 members (excludes halogenated alkanes) is 1. The topological polar surface area (TPSA) is 99.3 Å². The molecule has 4 N–H and O–H groups in total. The van der Waals surface area contributed by atoms with Crippen LogP contribution < -0.4 is 20.7 Å². The maximum Gasteiger partial charge on any atom is 0.315 e. The van der Waals surface area contributed by atoms with Crippen molar-refractivity contribution >= 4 is 39.3 Å². The van der Waals surface area contributed by atoms with Gasteiger partial charge in [-0.05, 0) is 56.8 Å². The van der Waals surface area contributed by atoms with E-state index in [0.717, 1.165) is 19.4 Å². The number of urea groups is 1. The van der Waals surface area contributed by atoms with Gasteiger partial charge in [0.1, 0.15) is 4.90 Å². The molecule has 1 rings (SSSR count). The van der Waals surface area contributed by atoms with E-state index in [0.29, 0.717) is 37.0 Å². The lowest BCUT2D eigenvalue weighted by Crippen LogP contribution is -2.47. The zero-order valence-corrected chi connectivity index (χ0v) is 19.6. The average molecular weight is 467 g/mol. The van der Waals surface area contributed by atoms with Crippen LogP contribution in [0.5, 0.6) is 0 Å². The molecular formula is C19H32Cl2N4O3S. The van der Waals surface area contributed by atoms with Gasteiger partial charge in [0, 0.05) is 30.7 Å². The lowest BCUT2D eigenvalue weighted by molar-refractivity contribution is 0.235. The number of benzene rings is 1. The van der Waals surface area contributed by atoms with Crippen molar-refractivity contribution in [2.45, 2.75) is 51.0 Å². The first-order valence-electron chi connectivity index (χ1n) is 9.85. The molecule has 166 valence electrons. The summed E-state index contributed by atoms with van der Waals surface area (Å²) in [6.07, 6.45) is 2.36. The number of hydrogen-bond acceptors (Lipinski definition) is 4. The number of carbonyl (C=O) groups excluding carboxylic acids is 1. The minimum Gasteiger partial charge on any atom is -0.338 e. The first kappa shape index (κ1) is 26.0. The predicted molar refractivity (Wildman–Crippen MR) is 119 cm³/mol. The minimum absolute atomic E-state index is 0.0228. The summed E-state index contributed by atoms with van der Waals surface area (Å²) in [4.78, 5) is 11.8. The number of halogens is 2. The molecule has 2 amide bonds. The van der Waals surface area contributed by atoms with Gasteiger partial charge >= 0.3 is 6.03 Å². The lowest BCUT2D eigenvalue weighted by atomic mass is 10.0. The van der Waals surface area contributed by atoms with Gasteiger partial charge in [0.15, 0.2) is 0 Å². The highest BCUT2D eigenvalue weighted by Crippen LogP contribution is 2.24. The number of carbonyl (C=O) groups is 1. The van der Waals surface area contributed by atoms with Gasteiger partial charge in [0.2, 0.25) is 10.0 Å². The van der Waals surface area contributed by atoms with Gasteiger partial charge in [0.05, 0.1) is 5.02 Å². The largest absolute Gasteiger partial charge is 0.338 e. The van der Waals surface area contributed by atoms with Gasteiger partial charge < -0.3 is 16.0 Å². The zero-order chi connectivity index (χ0) is 21.9. The molecule has 0 spiro atoms. The molecule has 0 fully saturated rings. The summed E-state index contributed by atoms with van der Waals surface area (Å²) in [6, 6.07) is 4.19. The van der Waals surface area contributed by atoms with E-state index in [9.17, 15) is 13.2 Å². The molecule has 1 atom stereocenters. The molecule has 0 unspecified atom stereocenters. The molecule has 0 saturated carbocycles. The van der Waals surface area contributed by atoms with Crippen molar-refractivity contribution in [3.05, 3.63) is 28.2 Å². The Kier molecular flexibility index (Phi) is 11.9. The molecule has 0 saturated heterocycles. The fraction of sp³-hybridized carbons (Fsp3) is 0.632. The highest BCUT2D eigenvalue weighted by molar-refractivity contribution is 7.89. The molecule has 1 aromatic rings. The van der Waals surface area contributed by atoms with Crippen LogP contribution in [0.2, 0.25) is 10.0 Å². The summed E-state index contributed by atoms with van der Waals surface area (Å²) in [5, 5.41) is 9.53. The summed E-state index contributed by atoms with van der Waals surface area (Å²) < 4.78 is 27.2. The Morgan fingerprint density at radius 1 is 1.14 bits per heavy atom. The summed E-state index contributed by atoms with van der Waals surface area (Å²) in [5.74, 6) is 0.470. The summed E-state index contributed by atoms with van der Waals surface area (Å²) in [7, 11) is -3.66. The fourth-order valence-electron chi connectivity index (χ4n) is 2.79. The van der Waals surface area contributed by atoms with Gasteiger partial charge in [-0.25, -0.2) is 17.9 Å². The summed E-state index contributed by atoms with van der Waals surface area (Å²) in [5.41, 5.74) is 0. The van der Waals surface area contributed by atoms with E-state index >= 15 is 0 Å². The van der Waals surface area contributed by atoms with Crippen molar-refractivity contribution in [2.75, 3.05) is 26.2 Å². The quantitative estimate of drug-likeness (QED) is 0.334. The average Bonchev–Trinajstić information content (AvgIpc) is 2.60. The smallest absolute Gasteiger partial charge is 0.315 e. The van der Waals surface area contributed by atoms with Crippen molar-refractivity contribution in [3.63, 3.8) is 0 Å². The maximum atomic E-state index is 12.3. The minimum atomic E-state index is -3.66. The molecular weight excluding hydrogens is 435 g/mol. The Labute approximate surface area is 184 Å². The van der Waals surface area contributed by atoms with Crippen molar-refractivity contribution in [1.29, 1.82) is 0 Å². The number of hydrogen-bond donors (Lipinski definition) is 4. The molecule has 0 aliphatic rings. The van der Waals surface area contributed by atoms with E-state index in [1.165, 1.54) is 18.2 Å². The molecule has 7 nitrogen and oxygen atoms in total. The lowest BCUT2D eigenvalue weighted by Gasteiger charge is -2.21. The SMILES string of the molecule is CCNC(=O)N[C@H](CNCCCCNS(=O)(=O)c1ccc(Cl)cc1Cl)CC(C)C. The third kappa shape index (κ3) is 10.5. The summed E-state index contributed by atoms with van der Waals surface area (Å²) >= 11 is 11.8. The molecule has 0 aliphatic heterocycles. The first-order chi connectivity index (χ1) is 13.7. The Bertz CT molecular complexity index is 745. The van der Waals surface area contributed by atoms with E-state index < -0.39 is 10.0 Å². The van der Waals surface area contributed by atoms with Crippen molar-refractivity contribution < 1.29 is 13.2 Å². The maximum absolute atomic E-state index is 12.3. The molecule has 0 heterocycles. The third-order valence-corrected chi connectivity index (χ3v) is 6.25. The fourth-order valence-corrected chi connectivity index (χ4v) is 4.63. The monoisotopic (exact) mass is 466 g/mol. The van der Waals surface area contributed by atoms with Crippen LogP contribution in [-0.2, 0) is 10.0 Å². The summed E-state index contributed by atoms with van der Waals surface area (Å²) in [6.45, 7) is 8.41. The Morgan fingerprint density at radius 2 is 1.83 bits per heavy atom. The highest BCUT2D eigenvalue weighted by atomic mass is 35.5. The molecule has 1 aromatic carbocycles. The van der Waals surface area contributed by atoms with E-state index in [4.69, 9.17) is 23.2 Å². The van der Waals surface area contributed by atoms with Crippen LogP contribution in [0.1, 0.15) is 40.0 Å². The number of nitrogens with one attached hydrogen (secondary N) is 4. The van der Waals surface area contributed by atoms with Gasteiger partial charge in [-0.3, -0.25) is 0 Å². The van der Waals surface area contributed by atoms with Gasteiger partial charge in [-0.1, -0.05) is 37.0 Å². The van der Waals surface area contributed by atoms with Crippen LogP contribution in [0, 0.1) is 5.92 Å².